The summed E-state index contributed by atoms with van der Waals surface area (Å²) in [6.07, 6.45) is 0. The highest BCUT2D eigenvalue weighted by Gasteiger charge is 2.34. The smallest absolute Gasteiger partial charge is 0.325 e. The van der Waals surface area contributed by atoms with Crippen LogP contribution in [0.4, 0.5) is 0 Å². The summed E-state index contributed by atoms with van der Waals surface area (Å²) in [5.74, 6) is -0.572. The maximum atomic E-state index is 12.1. The summed E-state index contributed by atoms with van der Waals surface area (Å²) < 4.78 is 10.5. The van der Waals surface area contributed by atoms with Crippen LogP contribution >= 0.6 is 0 Å². The summed E-state index contributed by atoms with van der Waals surface area (Å²) in [4.78, 5) is 25.0. The molecule has 0 spiro atoms. The van der Waals surface area contributed by atoms with Gasteiger partial charge in [0.2, 0.25) is 5.91 Å². The third kappa shape index (κ3) is 4.80. The number of nitrogens with zero attached hydrogens (tertiary/aromatic N) is 1. The molecule has 1 heterocycles. The fourth-order valence-corrected chi connectivity index (χ4v) is 1.80. The average molecular weight is 272 g/mol. The minimum absolute atomic E-state index is 0.00420. The van der Waals surface area contributed by atoms with E-state index >= 15 is 0 Å². The van der Waals surface area contributed by atoms with Gasteiger partial charge < -0.3 is 19.7 Å². The van der Waals surface area contributed by atoms with Gasteiger partial charge in [-0.15, -0.1) is 0 Å². The summed E-state index contributed by atoms with van der Waals surface area (Å²) in [6, 6.07) is -0.0622. The van der Waals surface area contributed by atoms with Crippen LogP contribution in [0.1, 0.15) is 27.7 Å². The summed E-state index contributed by atoms with van der Waals surface area (Å²) in [6.45, 7) is 9.22. The SMILES string of the molecule is CCOC(=O)CN(C(=O)COC1(C)CNC1)C(C)C. The zero-order valence-corrected chi connectivity index (χ0v) is 12.2. The largest absolute Gasteiger partial charge is 0.465 e. The molecule has 1 aliphatic rings. The number of esters is 1. The normalized spacial score (nSPS) is 16.9. The van der Waals surface area contributed by atoms with Crippen molar-refractivity contribution in [3.05, 3.63) is 0 Å². The predicted octanol–water partition coefficient (Wildman–Crippen LogP) is 0.165. The second kappa shape index (κ2) is 6.86. The van der Waals surface area contributed by atoms with Crippen LogP contribution in [0.25, 0.3) is 0 Å². The molecule has 19 heavy (non-hydrogen) atoms. The minimum Gasteiger partial charge on any atom is -0.465 e. The lowest BCUT2D eigenvalue weighted by Crippen LogP contribution is -2.60. The van der Waals surface area contributed by atoms with Crippen LogP contribution in [0.15, 0.2) is 0 Å². The Morgan fingerprint density at radius 1 is 1.37 bits per heavy atom. The van der Waals surface area contributed by atoms with E-state index in [2.05, 4.69) is 5.32 Å². The molecule has 0 aromatic heterocycles. The van der Waals surface area contributed by atoms with Crippen LogP contribution in [0, 0.1) is 0 Å². The van der Waals surface area contributed by atoms with Gasteiger partial charge >= 0.3 is 5.97 Å². The number of amides is 1. The monoisotopic (exact) mass is 272 g/mol. The van der Waals surface area contributed by atoms with Crippen molar-refractivity contribution in [3.63, 3.8) is 0 Å². The summed E-state index contributed by atoms with van der Waals surface area (Å²) in [7, 11) is 0. The Morgan fingerprint density at radius 2 is 2.00 bits per heavy atom. The molecule has 6 nitrogen and oxygen atoms in total. The van der Waals surface area contributed by atoms with E-state index in [-0.39, 0.29) is 36.7 Å². The third-order valence-electron chi connectivity index (χ3n) is 3.09. The Bertz CT molecular complexity index is 327. The molecule has 0 atom stereocenters. The first-order chi connectivity index (χ1) is 8.88. The van der Waals surface area contributed by atoms with Crippen molar-refractivity contribution in [1.29, 1.82) is 0 Å². The Labute approximate surface area is 114 Å². The third-order valence-corrected chi connectivity index (χ3v) is 3.09. The van der Waals surface area contributed by atoms with Gasteiger partial charge in [-0.2, -0.15) is 0 Å². The first-order valence-corrected chi connectivity index (χ1v) is 6.68. The van der Waals surface area contributed by atoms with Gasteiger partial charge in [0, 0.05) is 19.1 Å². The number of hydrogen-bond donors (Lipinski definition) is 1. The van der Waals surface area contributed by atoms with Crippen molar-refractivity contribution >= 4 is 11.9 Å². The number of hydrogen-bond acceptors (Lipinski definition) is 5. The molecule has 0 aliphatic carbocycles. The van der Waals surface area contributed by atoms with E-state index in [0.29, 0.717) is 6.61 Å². The van der Waals surface area contributed by atoms with Gasteiger partial charge in [0.15, 0.2) is 0 Å². The molecule has 0 aromatic carbocycles. The van der Waals surface area contributed by atoms with Crippen molar-refractivity contribution in [3.8, 4) is 0 Å². The Kier molecular flexibility index (Phi) is 5.75. The van der Waals surface area contributed by atoms with Gasteiger partial charge in [0.05, 0.1) is 12.2 Å². The highest BCUT2D eigenvalue weighted by molar-refractivity contribution is 5.83. The first kappa shape index (κ1) is 15.9. The maximum Gasteiger partial charge on any atom is 0.325 e. The molecule has 1 aliphatic heterocycles. The predicted molar refractivity (Wildman–Crippen MR) is 70.7 cm³/mol. The Morgan fingerprint density at radius 3 is 2.42 bits per heavy atom. The average Bonchev–Trinajstić information content (AvgIpc) is 2.30. The number of ether oxygens (including phenoxy) is 2. The number of carbonyl (C=O) groups excluding carboxylic acids is 2. The van der Waals surface area contributed by atoms with Crippen LogP contribution in [-0.4, -0.2) is 61.3 Å². The van der Waals surface area contributed by atoms with E-state index in [1.165, 1.54) is 4.90 Å². The molecule has 0 unspecified atom stereocenters. The molecule has 1 saturated heterocycles. The van der Waals surface area contributed by atoms with E-state index in [1.807, 2.05) is 20.8 Å². The molecule has 1 rings (SSSR count). The Balaban J connectivity index is 2.45. The van der Waals surface area contributed by atoms with Gasteiger partial charge in [-0.3, -0.25) is 9.59 Å². The van der Waals surface area contributed by atoms with Gasteiger partial charge in [0.1, 0.15) is 13.2 Å². The van der Waals surface area contributed by atoms with Crippen LogP contribution in [0.2, 0.25) is 0 Å². The van der Waals surface area contributed by atoms with Gasteiger partial charge in [-0.05, 0) is 27.7 Å². The number of nitrogens with one attached hydrogen (secondary N) is 1. The number of carbonyl (C=O) groups is 2. The standard InChI is InChI=1S/C13H24N2O4/c1-5-18-12(17)6-15(10(2)3)11(16)7-19-13(4)8-14-9-13/h10,14H,5-9H2,1-4H3. The van der Waals surface area contributed by atoms with Crippen molar-refractivity contribution < 1.29 is 19.1 Å². The first-order valence-electron chi connectivity index (χ1n) is 6.68. The maximum absolute atomic E-state index is 12.1. The summed E-state index contributed by atoms with van der Waals surface area (Å²) in [5, 5.41) is 3.10. The highest BCUT2D eigenvalue weighted by Crippen LogP contribution is 2.15. The van der Waals surface area contributed by atoms with Crippen LogP contribution in [0.5, 0.6) is 0 Å². The van der Waals surface area contributed by atoms with Crippen molar-refractivity contribution in [1.82, 2.24) is 10.2 Å². The number of rotatable bonds is 7. The second-order valence-electron chi connectivity index (χ2n) is 5.26. The minimum atomic E-state index is -0.388. The second-order valence-corrected chi connectivity index (χ2v) is 5.26. The summed E-state index contributed by atoms with van der Waals surface area (Å²) in [5.41, 5.74) is -0.262. The van der Waals surface area contributed by atoms with Gasteiger partial charge in [0.25, 0.3) is 0 Å². The molecular formula is C13H24N2O4. The molecule has 1 amide bonds. The van der Waals surface area contributed by atoms with E-state index in [9.17, 15) is 9.59 Å². The van der Waals surface area contributed by atoms with Crippen LogP contribution in [0.3, 0.4) is 0 Å². The molecule has 110 valence electrons. The lowest BCUT2D eigenvalue weighted by atomic mass is 10.0. The van der Waals surface area contributed by atoms with Crippen molar-refractivity contribution in [2.24, 2.45) is 0 Å². The molecule has 0 aromatic rings. The molecule has 0 radical (unpaired) electrons. The zero-order chi connectivity index (χ0) is 14.5. The van der Waals surface area contributed by atoms with Crippen LogP contribution in [-0.2, 0) is 19.1 Å². The summed E-state index contributed by atoms with van der Waals surface area (Å²) >= 11 is 0. The van der Waals surface area contributed by atoms with Crippen molar-refractivity contribution in [2.75, 3.05) is 32.8 Å². The molecule has 0 bridgehead atoms. The van der Waals surface area contributed by atoms with E-state index in [4.69, 9.17) is 9.47 Å². The highest BCUT2D eigenvalue weighted by atomic mass is 16.5. The van der Waals surface area contributed by atoms with E-state index < -0.39 is 0 Å². The molecule has 6 heteroatoms. The Hall–Kier alpha value is -1.14. The molecule has 1 fully saturated rings. The molecule has 0 saturated carbocycles. The fraction of sp³-hybridized carbons (Fsp3) is 0.846. The zero-order valence-electron chi connectivity index (χ0n) is 12.2. The lowest BCUT2D eigenvalue weighted by Gasteiger charge is -2.39. The fourth-order valence-electron chi connectivity index (χ4n) is 1.80. The van der Waals surface area contributed by atoms with Crippen molar-refractivity contribution in [2.45, 2.75) is 39.3 Å². The van der Waals surface area contributed by atoms with Crippen LogP contribution < -0.4 is 5.32 Å². The van der Waals surface area contributed by atoms with E-state index in [0.717, 1.165) is 13.1 Å². The van der Waals surface area contributed by atoms with Gasteiger partial charge in [-0.25, -0.2) is 0 Å². The quantitative estimate of drug-likeness (QED) is 0.669. The van der Waals surface area contributed by atoms with Gasteiger partial charge in [-0.1, -0.05) is 0 Å². The lowest BCUT2D eigenvalue weighted by molar-refractivity contribution is -0.156. The topological polar surface area (TPSA) is 67.9 Å². The van der Waals surface area contributed by atoms with E-state index in [1.54, 1.807) is 6.92 Å². The molecular weight excluding hydrogens is 248 g/mol. The molecule has 1 N–H and O–H groups in total.